The highest BCUT2D eigenvalue weighted by molar-refractivity contribution is 7.12. The predicted molar refractivity (Wildman–Crippen MR) is 71.2 cm³/mol. The van der Waals surface area contributed by atoms with Crippen LogP contribution in [0.1, 0.15) is 21.7 Å². The van der Waals surface area contributed by atoms with Crippen LogP contribution in [0.4, 0.5) is 4.79 Å². The van der Waals surface area contributed by atoms with Gasteiger partial charge < -0.3 is 25.8 Å². The Morgan fingerprint density at radius 2 is 2.20 bits per heavy atom. The van der Waals surface area contributed by atoms with Crippen LogP contribution in [-0.2, 0) is 13.1 Å². The maximum Gasteiger partial charge on any atom is 0.315 e. The molecule has 0 aromatic carbocycles. The summed E-state index contributed by atoms with van der Waals surface area (Å²) in [6, 6.07) is -0.511. The number of nitrogens with zero attached hydrogens (tertiary/aromatic N) is 2. The van der Waals surface area contributed by atoms with Gasteiger partial charge in [0.1, 0.15) is 10.4 Å². The minimum atomic E-state index is -0.611. The van der Waals surface area contributed by atoms with Gasteiger partial charge in [-0.15, -0.1) is 0 Å². The summed E-state index contributed by atoms with van der Waals surface area (Å²) < 4.78 is 10.5. The second-order valence-corrected chi connectivity index (χ2v) is 5.11. The number of H-pyrrole nitrogens is 1. The molecule has 3 heterocycles. The van der Waals surface area contributed by atoms with E-state index in [2.05, 4.69) is 9.36 Å². The van der Waals surface area contributed by atoms with Crippen molar-refractivity contribution in [3.05, 3.63) is 29.4 Å². The van der Waals surface area contributed by atoms with Crippen LogP contribution in [0, 0.1) is 0 Å². The van der Waals surface area contributed by atoms with Crippen molar-refractivity contribution in [1.29, 1.82) is 0 Å². The lowest BCUT2D eigenvalue weighted by molar-refractivity contribution is 0.0996. The number of nitrogens with one attached hydrogen (secondary N) is 1. The van der Waals surface area contributed by atoms with Gasteiger partial charge in [-0.25, -0.2) is 4.79 Å². The van der Waals surface area contributed by atoms with Crippen LogP contribution in [0.25, 0.3) is 10.3 Å². The summed E-state index contributed by atoms with van der Waals surface area (Å²) in [7, 11) is 0. The van der Waals surface area contributed by atoms with Crippen LogP contribution in [0.3, 0.4) is 0 Å². The first kappa shape index (κ1) is 12.5. The molecule has 3 amide bonds. The summed E-state index contributed by atoms with van der Waals surface area (Å²) >= 11 is 1.16. The fourth-order valence-electron chi connectivity index (χ4n) is 1.98. The third-order valence-corrected chi connectivity index (χ3v) is 3.81. The SMILES string of the molecule is NC(=O)c1[nH]cc2snc3c(coc12)CN(C(N)=O)C3. The van der Waals surface area contributed by atoms with Gasteiger partial charge in [-0.2, -0.15) is 4.37 Å². The number of amides is 3. The summed E-state index contributed by atoms with van der Waals surface area (Å²) in [5.74, 6) is -0.611. The fraction of sp³-hybridized carbons (Fsp3) is 0.182. The third kappa shape index (κ3) is 1.97. The van der Waals surface area contributed by atoms with Crippen molar-refractivity contribution in [2.45, 2.75) is 13.1 Å². The summed E-state index contributed by atoms with van der Waals surface area (Å²) in [6.07, 6.45) is 3.07. The smallest absolute Gasteiger partial charge is 0.315 e. The number of carbonyl (C=O) groups excluding carboxylic acids is 2. The molecule has 0 spiro atoms. The molecule has 3 rings (SSSR count). The zero-order valence-electron chi connectivity index (χ0n) is 10.3. The normalized spacial score (nSPS) is 13.3. The molecule has 8 nitrogen and oxygen atoms in total. The van der Waals surface area contributed by atoms with E-state index in [1.807, 2.05) is 0 Å². The molecule has 0 unspecified atom stereocenters. The van der Waals surface area contributed by atoms with Gasteiger partial charge in [0.15, 0.2) is 5.58 Å². The van der Waals surface area contributed by atoms with Gasteiger partial charge in [0.2, 0.25) is 0 Å². The number of hydrogen-bond donors (Lipinski definition) is 3. The number of primary amides is 2. The number of aromatic nitrogens is 2. The lowest BCUT2D eigenvalue weighted by Crippen LogP contribution is -2.30. The van der Waals surface area contributed by atoms with Crippen molar-refractivity contribution in [2.24, 2.45) is 11.5 Å². The van der Waals surface area contributed by atoms with Crippen LogP contribution in [-0.4, -0.2) is 26.2 Å². The average Bonchev–Trinajstić information content (AvgIpc) is 2.94. The molecule has 1 aliphatic rings. The minimum Gasteiger partial charge on any atom is -0.461 e. The molecule has 2 aromatic rings. The Labute approximate surface area is 116 Å². The van der Waals surface area contributed by atoms with Gasteiger partial charge in [-0.05, 0) is 11.5 Å². The largest absolute Gasteiger partial charge is 0.461 e. The highest BCUT2D eigenvalue weighted by atomic mass is 32.1. The van der Waals surface area contributed by atoms with Crippen LogP contribution in [0.15, 0.2) is 16.9 Å². The molecule has 0 saturated carbocycles. The van der Waals surface area contributed by atoms with Crippen molar-refractivity contribution >= 4 is 33.8 Å². The molecule has 0 radical (unpaired) electrons. The van der Waals surface area contributed by atoms with E-state index in [0.717, 1.165) is 22.8 Å². The van der Waals surface area contributed by atoms with Crippen molar-refractivity contribution < 1.29 is 14.0 Å². The Morgan fingerprint density at radius 1 is 1.40 bits per heavy atom. The zero-order chi connectivity index (χ0) is 14.3. The van der Waals surface area contributed by atoms with Gasteiger partial charge in [0, 0.05) is 11.8 Å². The molecule has 0 fully saturated rings. The number of carbonyl (C=O) groups is 2. The van der Waals surface area contributed by atoms with Crippen LogP contribution in [0.2, 0.25) is 0 Å². The Kier molecular flexibility index (Phi) is 2.83. The molecule has 20 heavy (non-hydrogen) atoms. The summed E-state index contributed by atoms with van der Waals surface area (Å²) in [6.45, 7) is 0.681. The number of rotatable bonds is 1. The minimum absolute atomic E-state index is 0.188. The topological polar surface area (TPSA) is 131 Å². The Morgan fingerprint density at radius 3 is 2.90 bits per heavy atom. The van der Waals surface area contributed by atoms with E-state index in [1.54, 1.807) is 6.20 Å². The van der Waals surface area contributed by atoms with E-state index in [0.29, 0.717) is 23.4 Å². The molecule has 2 aromatic heterocycles. The number of hydrogen-bond acceptors (Lipinski definition) is 5. The molecular formula is C11H11N5O3S. The lowest BCUT2D eigenvalue weighted by atomic mass is 10.3. The van der Waals surface area contributed by atoms with Crippen molar-refractivity contribution in [2.75, 3.05) is 0 Å². The predicted octanol–water partition coefficient (Wildman–Crippen LogP) is 0.835. The summed E-state index contributed by atoms with van der Waals surface area (Å²) in [4.78, 5) is 26.7. The molecule has 1 aliphatic heterocycles. The molecular weight excluding hydrogens is 282 g/mol. The third-order valence-electron chi connectivity index (χ3n) is 3.00. The number of fused-ring (bicyclic) bond motifs is 2. The molecule has 0 saturated heterocycles. The van der Waals surface area contributed by atoms with E-state index < -0.39 is 11.9 Å². The maximum absolute atomic E-state index is 11.3. The Hall–Kier alpha value is -2.55. The van der Waals surface area contributed by atoms with Gasteiger partial charge in [0.25, 0.3) is 5.91 Å². The highest BCUT2D eigenvalue weighted by Crippen LogP contribution is 2.24. The maximum atomic E-state index is 11.3. The standard InChI is InChI=1S/C11H11N5O3S/c12-10(17)8-9-7(1-14-8)20-15-6-3-16(11(13)18)2-5(6)4-19-9/h1,4,14H,2-3H2,(H2,12,17)(H2,13,18). The number of nitrogens with two attached hydrogens (primary N) is 2. The Balaban J connectivity index is 2.14. The van der Waals surface area contributed by atoms with Crippen molar-refractivity contribution in [3.8, 4) is 0 Å². The number of urea groups is 1. The van der Waals surface area contributed by atoms with E-state index in [1.165, 1.54) is 11.2 Å². The van der Waals surface area contributed by atoms with Crippen LogP contribution < -0.4 is 11.5 Å². The average molecular weight is 293 g/mol. The molecule has 104 valence electrons. The van der Waals surface area contributed by atoms with E-state index in [9.17, 15) is 9.59 Å². The van der Waals surface area contributed by atoms with E-state index in [-0.39, 0.29) is 5.69 Å². The quantitative estimate of drug-likeness (QED) is 0.718. The second kappa shape index (κ2) is 4.53. The monoisotopic (exact) mass is 293 g/mol. The van der Waals surface area contributed by atoms with Crippen molar-refractivity contribution in [3.63, 3.8) is 0 Å². The Bertz CT molecular complexity index is 757. The zero-order valence-corrected chi connectivity index (χ0v) is 11.1. The highest BCUT2D eigenvalue weighted by Gasteiger charge is 2.23. The lowest BCUT2D eigenvalue weighted by Gasteiger charge is -2.09. The van der Waals surface area contributed by atoms with Gasteiger partial charge in [0.05, 0.1) is 25.0 Å². The van der Waals surface area contributed by atoms with E-state index >= 15 is 0 Å². The second-order valence-electron chi connectivity index (χ2n) is 4.31. The molecule has 0 aliphatic carbocycles. The first-order chi connectivity index (χ1) is 9.56. The van der Waals surface area contributed by atoms with Crippen molar-refractivity contribution in [1.82, 2.24) is 14.3 Å². The number of aromatic amines is 1. The molecule has 9 heteroatoms. The van der Waals surface area contributed by atoms with Gasteiger partial charge >= 0.3 is 6.03 Å². The fourth-order valence-corrected chi connectivity index (χ4v) is 2.71. The van der Waals surface area contributed by atoms with Gasteiger partial charge in [-0.1, -0.05) is 0 Å². The van der Waals surface area contributed by atoms with Crippen LogP contribution >= 0.6 is 11.5 Å². The summed E-state index contributed by atoms with van der Waals surface area (Å²) in [5, 5.41) is 0. The van der Waals surface area contributed by atoms with Crippen LogP contribution in [0.5, 0.6) is 0 Å². The summed E-state index contributed by atoms with van der Waals surface area (Å²) in [5.41, 5.74) is 12.5. The molecule has 0 atom stereocenters. The van der Waals surface area contributed by atoms with Gasteiger partial charge in [-0.3, -0.25) is 4.79 Å². The first-order valence-corrected chi connectivity index (χ1v) is 6.49. The molecule has 5 N–H and O–H groups in total. The van der Waals surface area contributed by atoms with E-state index in [4.69, 9.17) is 15.9 Å². The molecule has 0 bridgehead atoms. The first-order valence-electron chi connectivity index (χ1n) is 5.71.